The van der Waals surface area contributed by atoms with Crippen molar-refractivity contribution in [1.29, 1.82) is 0 Å². The van der Waals surface area contributed by atoms with E-state index in [9.17, 15) is 4.79 Å². The third-order valence-corrected chi connectivity index (χ3v) is 5.47. The lowest BCUT2D eigenvalue weighted by atomic mass is 10.2. The van der Waals surface area contributed by atoms with Crippen LogP contribution in [0.2, 0.25) is 0 Å². The summed E-state index contributed by atoms with van der Waals surface area (Å²) in [4.78, 5) is 22.0. The van der Waals surface area contributed by atoms with Crippen LogP contribution in [-0.2, 0) is 6.42 Å². The second-order valence-corrected chi connectivity index (χ2v) is 7.84. The van der Waals surface area contributed by atoms with Crippen LogP contribution in [0.4, 0.5) is 16.2 Å². The van der Waals surface area contributed by atoms with Crippen LogP contribution < -0.4 is 15.4 Å². The highest BCUT2D eigenvalue weighted by Crippen LogP contribution is 2.29. The minimum Gasteiger partial charge on any atom is -0.497 e. The lowest BCUT2D eigenvalue weighted by Gasteiger charge is -2.10. The minimum atomic E-state index is -0.312. The first kappa shape index (κ1) is 20.7. The molecule has 0 spiro atoms. The van der Waals surface area contributed by atoms with Gasteiger partial charge in [-0.1, -0.05) is 25.1 Å². The van der Waals surface area contributed by atoms with Gasteiger partial charge in [-0.15, -0.1) is 0 Å². The third-order valence-electron chi connectivity index (χ3n) is 4.46. The summed E-state index contributed by atoms with van der Waals surface area (Å²) in [6.45, 7) is 2.12. The van der Waals surface area contributed by atoms with Crippen LogP contribution in [0.1, 0.15) is 19.0 Å². The molecule has 0 radical (unpaired) electrons. The Kier molecular flexibility index (Phi) is 6.32. The Hall–Kier alpha value is -3.59. The topological polar surface area (TPSA) is 93.4 Å². The molecule has 0 bridgehead atoms. The molecule has 2 N–H and O–H groups in total. The monoisotopic (exact) mass is 434 g/mol. The van der Waals surface area contributed by atoms with Crippen molar-refractivity contribution < 1.29 is 9.53 Å². The number of aromatic nitrogens is 4. The molecule has 0 fully saturated rings. The number of hydrogen-bond donors (Lipinski definition) is 2. The molecule has 2 aromatic carbocycles. The Morgan fingerprint density at radius 3 is 2.39 bits per heavy atom. The first-order valence-corrected chi connectivity index (χ1v) is 10.7. The number of benzene rings is 2. The molecule has 4 rings (SSSR count). The molecule has 0 aliphatic carbocycles. The van der Waals surface area contributed by atoms with E-state index in [1.54, 1.807) is 47.7 Å². The van der Waals surface area contributed by atoms with Gasteiger partial charge in [0.15, 0.2) is 0 Å². The van der Waals surface area contributed by atoms with Crippen LogP contribution >= 0.6 is 11.8 Å². The van der Waals surface area contributed by atoms with E-state index in [1.807, 2.05) is 30.3 Å². The van der Waals surface area contributed by atoms with Gasteiger partial charge in [-0.2, -0.15) is 14.6 Å². The Balaban J connectivity index is 1.42. The standard InChI is InChI=1S/C22H22N6O2S/c1-3-4-17-13-20(28-21(25-17)23-14-24-28)31-19-11-7-16(8-12-19)27-22(29)26-15-5-9-18(30-2)10-6-15/h5-14H,3-4H2,1-2H3,(H2,26,27,29). The molecule has 2 aromatic heterocycles. The fourth-order valence-electron chi connectivity index (χ4n) is 2.98. The molecular weight excluding hydrogens is 412 g/mol. The molecular formula is C22H22N6O2S. The number of fused-ring (bicyclic) bond motifs is 1. The normalized spacial score (nSPS) is 10.8. The van der Waals surface area contributed by atoms with Gasteiger partial charge in [0.1, 0.15) is 17.1 Å². The molecule has 9 heteroatoms. The highest BCUT2D eigenvalue weighted by molar-refractivity contribution is 7.99. The van der Waals surface area contributed by atoms with Gasteiger partial charge in [-0.05, 0) is 61.0 Å². The van der Waals surface area contributed by atoms with Gasteiger partial charge in [-0.25, -0.2) is 9.78 Å². The minimum absolute atomic E-state index is 0.312. The Morgan fingerprint density at radius 2 is 1.74 bits per heavy atom. The number of rotatable bonds is 7. The molecule has 2 heterocycles. The Morgan fingerprint density at radius 1 is 1.06 bits per heavy atom. The van der Waals surface area contributed by atoms with Gasteiger partial charge in [0.2, 0.25) is 0 Å². The van der Waals surface area contributed by atoms with Crippen molar-refractivity contribution in [2.24, 2.45) is 0 Å². The smallest absolute Gasteiger partial charge is 0.323 e. The molecule has 2 amide bonds. The van der Waals surface area contributed by atoms with Gasteiger partial charge in [-0.3, -0.25) is 0 Å². The summed E-state index contributed by atoms with van der Waals surface area (Å²) in [7, 11) is 1.60. The number of nitrogens with zero attached hydrogens (tertiary/aromatic N) is 4. The van der Waals surface area contributed by atoms with E-state index in [0.717, 1.165) is 34.2 Å². The molecule has 8 nitrogen and oxygen atoms in total. The van der Waals surface area contributed by atoms with Crippen molar-refractivity contribution in [3.05, 3.63) is 66.6 Å². The predicted molar refractivity (Wildman–Crippen MR) is 121 cm³/mol. The van der Waals surface area contributed by atoms with Gasteiger partial charge in [0.25, 0.3) is 5.78 Å². The lowest BCUT2D eigenvalue weighted by Crippen LogP contribution is -2.19. The number of carbonyl (C=O) groups is 1. The van der Waals surface area contributed by atoms with Crippen molar-refractivity contribution in [3.8, 4) is 5.75 Å². The molecule has 158 valence electrons. The van der Waals surface area contributed by atoms with Crippen molar-refractivity contribution in [2.75, 3.05) is 17.7 Å². The summed E-state index contributed by atoms with van der Waals surface area (Å²) in [5.41, 5.74) is 2.38. The quantitative estimate of drug-likeness (QED) is 0.403. The zero-order chi connectivity index (χ0) is 21.6. The SMILES string of the molecule is CCCc1cc(Sc2ccc(NC(=O)Nc3ccc(OC)cc3)cc2)n2ncnc2n1. The number of amides is 2. The third kappa shape index (κ3) is 5.13. The number of nitrogens with one attached hydrogen (secondary N) is 2. The van der Waals surface area contributed by atoms with E-state index < -0.39 is 0 Å². The number of hydrogen-bond acceptors (Lipinski definition) is 6. The Labute approximate surface area is 184 Å². The van der Waals surface area contributed by atoms with Gasteiger partial charge in [0, 0.05) is 22.0 Å². The molecule has 0 aliphatic heterocycles. The van der Waals surface area contributed by atoms with Crippen LogP contribution in [0.5, 0.6) is 5.75 Å². The van der Waals surface area contributed by atoms with Crippen LogP contribution in [0.3, 0.4) is 0 Å². The number of urea groups is 1. The summed E-state index contributed by atoms with van der Waals surface area (Å²) in [6.07, 6.45) is 3.42. The average Bonchev–Trinajstić information content (AvgIpc) is 3.25. The maximum absolute atomic E-state index is 12.2. The van der Waals surface area contributed by atoms with Gasteiger partial charge < -0.3 is 15.4 Å². The Bertz CT molecular complexity index is 1180. The maximum atomic E-state index is 12.2. The van der Waals surface area contributed by atoms with Crippen LogP contribution in [0.15, 0.2) is 70.8 Å². The molecule has 0 atom stereocenters. The summed E-state index contributed by atoms with van der Waals surface area (Å²) in [6, 6.07) is 16.5. The number of methoxy groups -OCH3 is 1. The van der Waals surface area contributed by atoms with Crippen molar-refractivity contribution in [2.45, 2.75) is 29.7 Å². The largest absolute Gasteiger partial charge is 0.497 e. The summed E-state index contributed by atoms with van der Waals surface area (Å²) >= 11 is 1.58. The first-order chi connectivity index (χ1) is 15.1. The van der Waals surface area contributed by atoms with Crippen LogP contribution in [-0.4, -0.2) is 32.7 Å². The molecule has 0 saturated carbocycles. The van der Waals surface area contributed by atoms with Crippen LogP contribution in [0.25, 0.3) is 5.78 Å². The molecule has 0 aliphatic rings. The number of anilines is 2. The second-order valence-electron chi connectivity index (χ2n) is 6.74. The zero-order valence-corrected chi connectivity index (χ0v) is 18.0. The van der Waals surface area contributed by atoms with Crippen molar-refractivity contribution in [3.63, 3.8) is 0 Å². The lowest BCUT2D eigenvalue weighted by molar-refractivity contribution is 0.262. The van der Waals surface area contributed by atoms with Crippen molar-refractivity contribution >= 4 is 34.9 Å². The van der Waals surface area contributed by atoms with E-state index >= 15 is 0 Å². The predicted octanol–water partition coefficient (Wildman–Crippen LogP) is 4.88. The fraction of sp³-hybridized carbons (Fsp3) is 0.182. The second kappa shape index (κ2) is 9.48. The summed E-state index contributed by atoms with van der Waals surface area (Å²) in [5, 5.41) is 10.8. The van der Waals surface area contributed by atoms with E-state index in [1.165, 1.54) is 6.33 Å². The number of ether oxygens (including phenoxy) is 1. The van der Waals surface area contributed by atoms with Crippen LogP contribution in [0, 0.1) is 0 Å². The highest BCUT2D eigenvalue weighted by Gasteiger charge is 2.10. The van der Waals surface area contributed by atoms with E-state index in [2.05, 4.69) is 32.6 Å². The molecule has 4 aromatic rings. The van der Waals surface area contributed by atoms with Crippen molar-refractivity contribution in [1.82, 2.24) is 19.6 Å². The van der Waals surface area contributed by atoms with E-state index in [0.29, 0.717) is 17.2 Å². The molecule has 0 unspecified atom stereocenters. The maximum Gasteiger partial charge on any atom is 0.323 e. The fourth-order valence-corrected chi connectivity index (χ4v) is 3.91. The van der Waals surface area contributed by atoms with Gasteiger partial charge >= 0.3 is 6.03 Å². The van der Waals surface area contributed by atoms with Gasteiger partial charge in [0.05, 0.1) is 7.11 Å². The highest BCUT2D eigenvalue weighted by atomic mass is 32.2. The zero-order valence-electron chi connectivity index (χ0n) is 17.2. The van der Waals surface area contributed by atoms with E-state index in [4.69, 9.17) is 4.74 Å². The summed E-state index contributed by atoms with van der Waals surface area (Å²) < 4.78 is 6.85. The average molecular weight is 435 g/mol. The summed E-state index contributed by atoms with van der Waals surface area (Å²) in [5.74, 6) is 1.33. The first-order valence-electron chi connectivity index (χ1n) is 9.84. The number of aryl methyl sites for hydroxylation is 1. The molecule has 31 heavy (non-hydrogen) atoms. The number of carbonyl (C=O) groups excluding carboxylic acids is 1. The van der Waals surface area contributed by atoms with E-state index in [-0.39, 0.29) is 6.03 Å². The molecule has 0 saturated heterocycles.